The number of hydrogen-bond acceptors (Lipinski definition) is 2. The van der Waals surface area contributed by atoms with Crippen molar-refractivity contribution in [3.05, 3.63) is 0 Å². The van der Waals surface area contributed by atoms with Gasteiger partial charge in [0.25, 0.3) is 0 Å². The van der Waals surface area contributed by atoms with E-state index >= 15 is 0 Å². The Morgan fingerprint density at radius 3 is 2.36 bits per heavy atom. The van der Waals surface area contributed by atoms with E-state index in [1.54, 1.807) is 0 Å². The van der Waals surface area contributed by atoms with Crippen molar-refractivity contribution in [3.8, 4) is 6.07 Å². The summed E-state index contributed by atoms with van der Waals surface area (Å²) in [5.41, 5.74) is 0.634. The smallest absolute Gasteiger partial charge is 0.0661 e. The van der Waals surface area contributed by atoms with Gasteiger partial charge >= 0.3 is 0 Å². The number of rotatable bonds is 1. The molecule has 0 saturated heterocycles. The molecule has 0 aromatic heterocycles. The van der Waals surface area contributed by atoms with Crippen molar-refractivity contribution < 1.29 is 4.74 Å². The summed E-state index contributed by atoms with van der Waals surface area (Å²) >= 11 is 0. The van der Waals surface area contributed by atoms with E-state index in [1.807, 2.05) is 7.11 Å². The second kappa shape index (κ2) is 5.98. The molecule has 0 N–H and O–H groups in total. The minimum absolute atomic E-state index is 0.188. The number of nitriles is 1. The van der Waals surface area contributed by atoms with Crippen molar-refractivity contribution in [1.29, 1.82) is 5.26 Å². The highest BCUT2D eigenvalue weighted by molar-refractivity contribution is 5.15. The molecule has 2 nitrogen and oxygen atoms in total. The van der Waals surface area contributed by atoms with Crippen LogP contribution < -0.4 is 0 Å². The lowest BCUT2D eigenvalue weighted by Crippen LogP contribution is -2.60. The Morgan fingerprint density at radius 2 is 1.68 bits per heavy atom. The second-order valence-corrected chi connectivity index (χ2v) is 10.6. The third-order valence-electron chi connectivity index (χ3n) is 9.98. The molecular formula is C23H37NO. The molecule has 0 radical (unpaired) electrons. The molecule has 0 bridgehead atoms. The Bertz CT molecular complexity index is 567. The van der Waals surface area contributed by atoms with Crippen LogP contribution >= 0.6 is 0 Å². The van der Waals surface area contributed by atoms with Crippen LogP contribution in [-0.2, 0) is 4.74 Å². The fraction of sp³-hybridized carbons (Fsp3) is 0.957. The van der Waals surface area contributed by atoms with Crippen molar-refractivity contribution in [2.24, 2.45) is 52.3 Å². The third-order valence-corrected chi connectivity index (χ3v) is 9.98. The molecule has 25 heavy (non-hydrogen) atoms. The van der Waals surface area contributed by atoms with E-state index in [-0.39, 0.29) is 11.3 Å². The third kappa shape index (κ3) is 2.30. The fourth-order valence-electron chi connectivity index (χ4n) is 8.45. The number of ether oxygens (including phenoxy) is 1. The van der Waals surface area contributed by atoms with Crippen LogP contribution in [0.3, 0.4) is 0 Å². The Balaban J connectivity index is 1.72. The maximum absolute atomic E-state index is 9.74. The molecule has 4 saturated carbocycles. The number of fused-ring (bicyclic) bond motifs is 5. The zero-order chi connectivity index (χ0) is 18.0. The molecule has 0 unspecified atom stereocenters. The summed E-state index contributed by atoms with van der Waals surface area (Å²) in [5.74, 6) is 5.08. The van der Waals surface area contributed by atoms with Gasteiger partial charge in [0, 0.05) is 7.11 Å². The van der Waals surface area contributed by atoms with E-state index in [0.717, 1.165) is 42.4 Å². The van der Waals surface area contributed by atoms with Gasteiger partial charge in [0.1, 0.15) is 0 Å². The molecule has 0 aliphatic heterocycles. The number of nitrogens with zero attached hydrogens (tertiary/aromatic N) is 1. The van der Waals surface area contributed by atoms with Crippen LogP contribution in [-0.4, -0.2) is 13.2 Å². The van der Waals surface area contributed by atoms with Crippen molar-refractivity contribution >= 4 is 0 Å². The summed E-state index contributed by atoms with van der Waals surface area (Å²) < 4.78 is 6.19. The summed E-state index contributed by atoms with van der Waals surface area (Å²) in [7, 11) is 1.93. The average Bonchev–Trinajstić information content (AvgIpc) is 2.93. The predicted molar refractivity (Wildman–Crippen MR) is 101 cm³/mol. The van der Waals surface area contributed by atoms with E-state index in [9.17, 15) is 5.26 Å². The van der Waals surface area contributed by atoms with Gasteiger partial charge < -0.3 is 4.74 Å². The molecule has 4 aliphatic carbocycles. The number of hydrogen-bond donors (Lipinski definition) is 0. The molecule has 4 aliphatic rings. The Hall–Kier alpha value is -0.550. The predicted octanol–water partition coefficient (Wildman–Crippen LogP) is 5.68. The molecule has 4 rings (SSSR count). The molecule has 0 amide bonds. The van der Waals surface area contributed by atoms with Crippen LogP contribution in [0.2, 0.25) is 0 Å². The molecule has 0 aromatic carbocycles. The summed E-state index contributed by atoms with van der Waals surface area (Å²) in [4.78, 5) is 0. The normalized spacial score (nSPS) is 57.9. The summed E-state index contributed by atoms with van der Waals surface area (Å²) in [6.45, 7) is 10.0. The zero-order valence-corrected chi connectivity index (χ0v) is 16.9. The first-order chi connectivity index (χ1) is 11.9. The lowest BCUT2D eigenvalue weighted by Gasteiger charge is -2.64. The maximum Gasteiger partial charge on any atom is 0.0661 e. The van der Waals surface area contributed by atoms with Crippen LogP contribution in [0.5, 0.6) is 0 Å². The number of methoxy groups -OCH3 is 1. The topological polar surface area (TPSA) is 33.0 Å². The van der Waals surface area contributed by atoms with E-state index in [4.69, 9.17) is 4.74 Å². The Morgan fingerprint density at radius 1 is 0.960 bits per heavy atom. The van der Waals surface area contributed by atoms with Gasteiger partial charge in [0.05, 0.1) is 18.1 Å². The molecule has 4 fully saturated rings. The largest absolute Gasteiger partial charge is 0.381 e. The summed E-state index contributed by atoms with van der Waals surface area (Å²) in [5, 5.41) is 9.74. The van der Waals surface area contributed by atoms with Gasteiger partial charge in [0.15, 0.2) is 0 Å². The minimum Gasteiger partial charge on any atom is -0.381 e. The Labute approximate surface area is 154 Å². The molecule has 10 atom stereocenters. The lowest BCUT2D eigenvalue weighted by atomic mass is 9.42. The first kappa shape index (κ1) is 17.8. The standard InChI is InChI=1S/C23H37NO/c1-14-10-11-22(3)18(15(14)2)9-7-17-19-8-6-16(13-24)23(19,4)12-20(25-5)21(17)22/h14-21H,6-12H2,1-5H3/t14-,15+,16-,17+,18+,19+,20+,21-,22+,23-/m1/s1. The SMILES string of the molecule is CO[C@H]1C[C@]2(C)[C@@H](C#N)CC[C@H]2[C@@H]2CC[C@H]3[C@@H](C)[C@H](C)CC[C@]3(C)[C@H]21. The van der Waals surface area contributed by atoms with Gasteiger partial charge in [-0.3, -0.25) is 0 Å². The second-order valence-electron chi connectivity index (χ2n) is 10.6. The van der Waals surface area contributed by atoms with Crippen molar-refractivity contribution in [2.45, 2.75) is 78.7 Å². The molecular weight excluding hydrogens is 306 g/mol. The van der Waals surface area contributed by atoms with Crippen LogP contribution in [0.1, 0.15) is 72.6 Å². The van der Waals surface area contributed by atoms with Crippen LogP contribution in [0, 0.1) is 63.6 Å². The first-order valence-electron chi connectivity index (χ1n) is 10.8. The fourth-order valence-corrected chi connectivity index (χ4v) is 8.45. The van der Waals surface area contributed by atoms with Gasteiger partial charge in [-0.05, 0) is 91.3 Å². The molecule has 0 spiro atoms. The quantitative estimate of drug-likeness (QED) is 0.614. The van der Waals surface area contributed by atoms with E-state index in [0.29, 0.717) is 17.4 Å². The van der Waals surface area contributed by atoms with Crippen molar-refractivity contribution in [1.82, 2.24) is 0 Å². The highest BCUT2D eigenvalue weighted by Crippen LogP contribution is 2.68. The maximum atomic E-state index is 9.74. The molecule has 0 heterocycles. The van der Waals surface area contributed by atoms with E-state index < -0.39 is 0 Å². The highest BCUT2D eigenvalue weighted by Gasteiger charge is 2.64. The lowest BCUT2D eigenvalue weighted by molar-refractivity contribution is -0.188. The van der Waals surface area contributed by atoms with Crippen LogP contribution in [0.4, 0.5) is 0 Å². The van der Waals surface area contributed by atoms with E-state index in [2.05, 4.69) is 33.8 Å². The van der Waals surface area contributed by atoms with Crippen LogP contribution in [0.15, 0.2) is 0 Å². The average molecular weight is 344 g/mol. The van der Waals surface area contributed by atoms with E-state index in [1.165, 1.54) is 32.1 Å². The Kier molecular flexibility index (Phi) is 4.27. The van der Waals surface area contributed by atoms with Gasteiger partial charge in [-0.25, -0.2) is 0 Å². The van der Waals surface area contributed by atoms with Crippen LogP contribution in [0.25, 0.3) is 0 Å². The van der Waals surface area contributed by atoms with Crippen molar-refractivity contribution in [2.75, 3.05) is 7.11 Å². The molecule has 2 heteroatoms. The zero-order valence-electron chi connectivity index (χ0n) is 16.9. The van der Waals surface area contributed by atoms with Gasteiger partial charge in [0.2, 0.25) is 0 Å². The summed E-state index contributed by atoms with van der Waals surface area (Å²) in [6.07, 6.45) is 9.41. The van der Waals surface area contributed by atoms with Crippen molar-refractivity contribution in [3.63, 3.8) is 0 Å². The minimum atomic E-state index is 0.188. The van der Waals surface area contributed by atoms with Gasteiger partial charge in [-0.1, -0.05) is 27.7 Å². The molecule has 140 valence electrons. The van der Waals surface area contributed by atoms with Gasteiger partial charge in [-0.15, -0.1) is 0 Å². The first-order valence-corrected chi connectivity index (χ1v) is 10.8. The highest BCUT2D eigenvalue weighted by atomic mass is 16.5. The van der Waals surface area contributed by atoms with Gasteiger partial charge in [-0.2, -0.15) is 5.26 Å². The monoisotopic (exact) mass is 343 g/mol. The summed E-state index contributed by atoms with van der Waals surface area (Å²) in [6, 6.07) is 2.67. The molecule has 0 aromatic rings.